The highest BCUT2D eigenvalue weighted by molar-refractivity contribution is 6.33. The van der Waals surface area contributed by atoms with Gasteiger partial charge in [-0.15, -0.1) is 0 Å². The van der Waals surface area contributed by atoms with Crippen molar-refractivity contribution in [2.75, 3.05) is 0 Å². The van der Waals surface area contributed by atoms with Crippen molar-refractivity contribution in [3.05, 3.63) is 70.6 Å². The Labute approximate surface area is 156 Å². The van der Waals surface area contributed by atoms with Crippen LogP contribution in [0.1, 0.15) is 29.9 Å². The van der Waals surface area contributed by atoms with Gasteiger partial charge in [0.05, 0.1) is 10.6 Å². The Kier molecular flexibility index (Phi) is 5.18. The molecule has 27 heavy (non-hydrogen) atoms. The van der Waals surface area contributed by atoms with E-state index in [0.29, 0.717) is 11.8 Å². The second-order valence-electron chi connectivity index (χ2n) is 5.57. The van der Waals surface area contributed by atoms with Gasteiger partial charge in [-0.2, -0.15) is 13.2 Å². The van der Waals surface area contributed by atoms with E-state index in [2.05, 4.69) is 10.1 Å². The highest BCUT2D eigenvalue weighted by Crippen LogP contribution is 2.35. The van der Waals surface area contributed by atoms with E-state index < -0.39 is 23.8 Å². The number of hydrogen-bond acceptors (Lipinski definition) is 5. The van der Waals surface area contributed by atoms with Crippen molar-refractivity contribution in [1.82, 2.24) is 10.1 Å². The van der Waals surface area contributed by atoms with E-state index in [1.54, 1.807) is 30.3 Å². The summed E-state index contributed by atoms with van der Waals surface area (Å²) in [5.41, 5.74) is -0.185. The lowest BCUT2D eigenvalue weighted by Crippen LogP contribution is -2.09. The zero-order valence-electron chi connectivity index (χ0n) is 13.8. The Bertz CT molecular complexity index is 958. The van der Waals surface area contributed by atoms with Gasteiger partial charge < -0.3 is 9.26 Å². The van der Waals surface area contributed by atoms with E-state index >= 15 is 0 Å². The van der Waals surface area contributed by atoms with Gasteiger partial charge in [0.1, 0.15) is 11.4 Å². The number of carbonyl (C=O) groups excluding carboxylic acids is 1. The molecule has 0 fully saturated rings. The second-order valence-corrected chi connectivity index (χ2v) is 5.97. The maximum absolute atomic E-state index is 12.7. The van der Waals surface area contributed by atoms with Crippen LogP contribution >= 0.6 is 11.6 Å². The fourth-order valence-electron chi connectivity index (χ4n) is 2.39. The molecular weight excluding hydrogens is 385 g/mol. The number of aromatic nitrogens is 2. The lowest BCUT2D eigenvalue weighted by atomic mass is 10.1. The number of alkyl halides is 3. The smallest absolute Gasteiger partial charge is 0.417 e. The van der Waals surface area contributed by atoms with Crippen LogP contribution in [-0.4, -0.2) is 16.1 Å². The van der Waals surface area contributed by atoms with Crippen LogP contribution in [0.5, 0.6) is 0 Å². The summed E-state index contributed by atoms with van der Waals surface area (Å²) < 4.78 is 48.8. The lowest BCUT2D eigenvalue weighted by Gasteiger charge is -2.14. The number of esters is 1. The number of nitrogens with zero attached hydrogens (tertiary/aromatic N) is 2. The average molecular weight is 397 g/mol. The molecule has 9 heteroatoms. The highest BCUT2D eigenvalue weighted by atomic mass is 35.5. The van der Waals surface area contributed by atoms with Crippen molar-refractivity contribution in [3.63, 3.8) is 0 Å². The molecule has 3 aromatic rings. The quantitative estimate of drug-likeness (QED) is 0.576. The normalized spacial score (nSPS) is 12.6. The summed E-state index contributed by atoms with van der Waals surface area (Å²) in [7, 11) is 0. The molecule has 140 valence electrons. The molecule has 3 rings (SSSR count). The predicted octanol–water partition coefficient (Wildman–Crippen LogP) is 5.06. The molecule has 2 heterocycles. The Hall–Kier alpha value is -2.87. The molecule has 0 amide bonds. The van der Waals surface area contributed by atoms with E-state index in [0.717, 1.165) is 6.07 Å². The van der Waals surface area contributed by atoms with Gasteiger partial charge >= 0.3 is 12.1 Å². The zero-order chi connectivity index (χ0) is 19.6. The molecule has 0 spiro atoms. The molecule has 2 aromatic heterocycles. The summed E-state index contributed by atoms with van der Waals surface area (Å²) in [6.45, 7) is 1.25. The van der Waals surface area contributed by atoms with Crippen LogP contribution in [0.3, 0.4) is 0 Å². The molecular formula is C18H12ClF3N2O3. The van der Waals surface area contributed by atoms with Crippen LogP contribution in [0.2, 0.25) is 5.02 Å². The number of rotatable bonds is 4. The molecule has 0 radical (unpaired) electrons. The summed E-state index contributed by atoms with van der Waals surface area (Å²) in [5.74, 6) is -0.350. The lowest BCUT2D eigenvalue weighted by molar-refractivity contribution is -0.145. The summed E-state index contributed by atoms with van der Waals surface area (Å²) >= 11 is 5.93. The van der Waals surface area contributed by atoms with E-state index in [4.69, 9.17) is 20.9 Å². The molecule has 1 unspecified atom stereocenters. The number of hydrogen-bond donors (Lipinski definition) is 0. The van der Waals surface area contributed by atoms with Gasteiger partial charge in [-0.05, 0) is 6.07 Å². The number of pyridine rings is 1. The van der Waals surface area contributed by atoms with Crippen LogP contribution in [0.25, 0.3) is 11.4 Å². The van der Waals surface area contributed by atoms with Crippen LogP contribution in [-0.2, 0) is 15.7 Å². The minimum absolute atomic E-state index is 0.0225. The fraction of sp³-hybridized carbons (Fsp3) is 0.167. The third kappa shape index (κ3) is 4.28. The number of benzene rings is 1. The molecule has 0 saturated heterocycles. The molecule has 5 nitrogen and oxygen atoms in total. The molecule has 0 aliphatic carbocycles. The van der Waals surface area contributed by atoms with Crippen molar-refractivity contribution < 1.29 is 27.2 Å². The first-order chi connectivity index (χ1) is 12.8. The second kappa shape index (κ2) is 7.40. The Morgan fingerprint density at radius 1 is 1.22 bits per heavy atom. The SMILES string of the molecule is CC(=O)OC(c1ccccc1)c1cc(-c2ncc(C(F)(F)F)cc2Cl)no1. The summed E-state index contributed by atoms with van der Waals surface area (Å²) in [6.07, 6.45) is -4.76. The molecule has 1 atom stereocenters. The summed E-state index contributed by atoms with van der Waals surface area (Å²) in [6, 6.07) is 11.0. The van der Waals surface area contributed by atoms with Crippen LogP contribution in [0.4, 0.5) is 13.2 Å². The topological polar surface area (TPSA) is 65.2 Å². The maximum atomic E-state index is 12.7. The molecule has 0 saturated carbocycles. The van der Waals surface area contributed by atoms with E-state index in [-0.39, 0.29) is 22.2 Å². The summed E-state index contributed by atoms with van der Waals surface area (Å²) in [5, 5.41) is 3.57. The van der Waals surface area contributed by atoms with Crippen LogP contribution < -0.4 is 0 Å². The van der Waals surface area contributed by atoms with Crippen molar-refractivity contribution in [1.29, 1.82) is 0 Å². The number of ether oxygens (including phenoxy) is 1. The standard InChI is InChI=1S/C18H12ClF3N2O3/c1-10(25)26-17(11-5-3-2-4-6-11)15-8-14(24-27-15)16-13(19)7-12(9-23-16)18(20,21)22/h2-9,17H,1H3. The van der Waals surface area contributed by atoms with Gasteiger partial charge in [-0.1, -0.05) is 47.1 Å². The summed E-state index contributed by atoms with van der Waals surface area (Å²) in [4.78, 5) is 15.2. The van der Waals surface area contributed by atoms with Crippen molar-refractivity contribution in [3.8, 4) is 11.4 Å². The van der Waals surface area contributed by atoms with Gasteiger partial charge in [-0.25, -0.2) is 0 Å². The Morgan fingerprint density at radius 2 is 1.93 bits per heavy atom. The van der Waals surface area contributed by atoms with E-state index in [9.17, 15) is 18.0 Å². The van der Waals surface area contributed by atoms with Gasteiger partial charge in [-0.3, -0.25) is 9.78 Å². The third-order valence-corrected chi connectivity index (χ3v) is 3.87. The van der Waals surface area contributed by atoms with Gasteiger partial charge in [0, 0.05) is 24.8 Å². The minimum atomic E-state index is -4.56. The zero-order valence-corrected chi connectivity index (χ0v) is 14.6. The fourth-order valence-corrected chi connectivity index (χ4v) is 2.65. The van der Waals surface area contributed by atoms with Crippen molar-refractivity contribution >= 4 is 17.6 Å². The number of halogens is 4. The van der Waals surface area contributed by atoms with Crippen molar-refractivity contribution in [2.45, 2.75) is 19.2 Å². The van der Waals surface area contributed by atoms with Crippen LogP contribution in [0.15, 0.2) is 53.2 Å². The van der Waals surface area contributed by atoms with E-state index in [1.807, 2.05) is 0 Å². The largest absolute Gasteiger partial charge is 0.449 e. The molecule has 1 aromatic carbocycles. The van der Waals surface area contributed by atoms with Gasteiger partial charge in [0.2, 0.25) is 0 Å². The van der Waals surface area contributed by atoms with E-state index in [1.165, 1.54) is 13.0 Å². The number of carbonyl (C=O) groups is 1. The first kappa shape index (κ1) is 18.9. The van der Waals surface area contributed by atoms with Gasteiger partial charge in [0.25, 0.3) is 0 Å². The highest BCUT2D eigenvalue weighted by Gasteiger charge is 2.32. The molecule has 0 bridgehead atoms. The predicted molar refractivity (Wildman–Crippen MR) is 89.8 cm³/mol. The van der Waals surface area contributed by atoms with Gasteiger partial charge in [0.15, 0.2) is 11.9 Å². The monoisotopic (exact) mass is 396 g/mol. The molecule has 0 aliphatic rings. The Balaban J connectivity index is 1.96. The van der Waals surface area contributed by atoms with Crippen LogP contribution in [0, 0.1) is 0 Å². The average Bonchev–Trinajstić information content (AvgIpc) is 3.09. The molecule has 0 N–H and O–H groups in total. The molecule has 0 aliphatic heterocycles. The Morgan fingerprint density at radius 3 is 2.52 bits per heavy atom. The first-order valence-corrected chi connectivity index (χ1v) is 8.05. The third-order valence-electron chi connectivity index (χ3n) is 3.58. The minimum Gasteiger partial charge on any atom is -0.449 e. The first-order valence-electron chi connectivity index (χ1n) is 7.67. The maximum Gasteiger partial charge on any atom is 0.417 e. The van der Waals surface area contributed by atoms with Crippen molar-refractivity contribution in [2.24, 2.45) is 0 Å².